The number of amides is 3. The number of anilines is 2. The molecular weight excluding hydrogens is 340 g/mol. The molecule has 0 aromatic carbocycles. The molecule has 136 valence electrons. The van der Waals surface area contributed by atoms with Gasteiger partial charge >= 0.3 is 6.03 Å². The van der Waals surface area contributed by atoms with Crippen LogP contribution in [0.4, 0.5) is 16.4 Å². The van der Waals surface area contributed by atoms with Crippen LogP contribution in [0.1, 0.15) is 32.6 Å². The minimum Gasteiger partial charge on any atom is -0.383 e. The Morgan fingerprint density at radius 3 is 2.60 bits per heavy atom. The van der Waals surface area contributed by atoms with Crippen LogP contribution in [0.25, 0.3) is 0 Å². The van der Waals surface area contributed by atoms with Crippen LogP contribution in [-0.2, 0) is 4.79 Å². The summed E-state index contributed by atoms with van der Waals surface area (Å²) in [6.07, 6.45) is 5.07. The highest BCUT2D eigenvalue weighted by molar-refractivity contribution is 7.99. The van der Waals surface area contributed by atoms with E-state index in [1.54, 1.807) is 0 Å². The fraction of sp³-hybridized carbons (Fsp3) is 0.625. The van der Waals surface area contributed by atoms with Crippen molar-refractivity contribution >= 4 is 35.3 Å². The Morgan fingerprint density at radius 1 is 1.28 bits per heavy atom. The zero-order valence-corrected chi connectivity index (χ0v) is 15.0. The van der Waals surface area contributed by atoms with Gasteiger partial charge in [-0.1, -0.05) is 18.2 Å². The van der Waals surface area contributed by atoms with Crippen LogP contribution in [0.2, 0.25) is 0 Å². The Kier molecular flexibility index (Phi) is 5.31. The molecule has 9 heteroatoms. The summed E-state index contributed by atoms with van der Waals surface area (Å²) in [4.78, 5) is 31.9. The first-order valence-corrected chi connectivity index (χ1v) is 9.52. The molecule has 0 saturated heterocycles. The Labute approximate surface area is 150 Å². The number of aromatic nitrogens is 2. The van der Waals surface area contributed by atoms with Gasteiger partial charge in [-0.3, -0.25) is 10.1 Å². The molecule has 2 aliphatic carbocycles. The van der Waals surface area contributed by atoms with Crippen molar-refractivity contribution in [2.24, 2.45) is 17.8 Å². The van der Waals surface area contributed by atoms with Gasteiger partial charge in [0, 0.05) is 12.1 Å². The number of nitrogen functional groups attached to an aromatic ring is 2. The fourth-order valence-electron chi connectivity index (χ4n) is 4.08. The van der Waals surface area contributed by atoms with Gasteiger partial charge in [-0.2, -0.15) is 0 Å². The molecule has 4 atom stereocenters. The molecular formula is C16H24N6O2S. The molecule has 2 aliphatic rings. The van der Waals surface area contributed by atoms with E-state index >= 15 is 0 Å². The van der Waals surface area contributed by atoms with Crippen LogP contribution in [0, 0.1) is 17.8 Å². The van der Waals surface area contributed by atoms with Crippen LogP contribution in [0.15, 0.2) is 11.2 Å². The minimum atomic E-state index is -0.450. The van der Waals surface area contributed by atoms with Crippen molar-refractivity contribution in [2.75, 3.05) is 17.2 Å². The third-order valence-corrected chi connectivity index (χ3v) is 5.97. The first kappa shape index (κ1) is 17.8. The summed E-state index contributed by atoms with van der Waals surface area (Å²) in [5.74, 6) is 2.16. The Bertz CT molecular complexity index is 650. The average molecular weight is 364 g/mol. The molecule has 0 spiro atoms. The minimum absolute atomic E-state index is 0.0127. The van der Waals surface area contributed by atoms with Gasteiger partial charge in [0.25, 0.3) is 0 Å². The van der Waals surface area contributed by atoms with E-state index in [-0.39, 0.29) is 23.4 Å². The molecule has 0 radical (unpaired) electrons. The molecule has 1 aromatic rings. The largest absolute Gasteiger partial charge is 0.383 e. The van der Waals surface area contributed by atoms with Gasteiger partial charge in [0.1, 0.15) is 11.6 Å². The quantitative estimate of drug-likeness (QED) is 0.458. The number of nitrogens with two attached hydrogens (primary N) is 2. The summed E-state index contributed by atoms with van der Waals surface area (Å²) in [6.45, 7) is 2.02. The molecule has 0 unspecified atom stereocenters. The number of urea groups is 1. The van der Waals surface area contributed by atoms with Gasteiger partial charge in [-0.25, -0.2) is 14.8 Å². The highest BCUT2D eigenvalue weighted by Gasteiger charge is 2.42. The summed E-state index contributed by atoms with van der Waals surface area (Å²) in [7, 11) is 0. The summed E-state index contributed by atoms with van der Waals surface area (Å²) >= 11 is 1.08. The lowest BCUT2D eigenvalue weighted by Gasteiger charge is -2.28. The lowest BCUT2D eigenvalue weighted by atomic mass is 9.84. The molecule has 1 heterocycles. The Morgan fingerprint density at radius 2 is 2.00 bits per heavy atom. The fourth-order valence-corrected chi connectivity index (χ4v) is 4.75. The summed E-state index contributed by atoms with van der Waals surface area (Å²) < 4.78 is 0. The first-order chi connectivity index (χ1) is 11.9. The van der Waals surface area contributed by atoms with E-state index in [4.69, 9.17) is 11.5 Å². The molecule has 1 aromatic heterocycles. The summed E-state index contributed by atoms with van der Waals surface area (Å²) in [6, 6.07) is 1.07. The number of thioether (sulfide) groups is 1. The molecule has 2 saturated carbocycles. The van der Waals surface area contributed by atoms with Crippen molar-refractivity contribution < 1.29 is 9.59 Å². The maximum absolute atomic E-state index is 12.0. The number of nitrogens with one attached hydrogen (secondary N) is 2. The number of fused-ring (bicyclic) bond motifs is 2. The van der Waals surface area contributed by atoms with E-state index in [9.17, 15) is 9.59 Å². The predicted octanol–water partition coefficient (Wildman–Crippen LogP) is 1.38. The number of carbonyl (C=O) groups excluding carboxylic acids is 2. The number of carbonyl (C=O) groups is 2. The van der Waals surface area contributed by atoms with Crippen molar-refractivity contribution in [1.82, 2.24) is 20.6 Å². The first-order valence-electron chi connectivity index (χ1n) is 8.54. The number of rotatable bonds is 5. The third kappa shape index (κ3) is 4.53. The van der Waals surface area contributed by atoms with Gasteiger partial charge in [0.2, 0.25) is 5.91 Å². The average Bonchev–Trinajstić information content (AvgIpc) is 3.15. The third-order valence-electron chi connectivity index (χ3n) is 5.12. The van der Waals surface area contributed by atoms with Crippen LogP contribution in [0.3, 0.4) is 0 Å². The standard InChI is InChI=1S/C16H24N6O2S/c1-8(11-5-9-2-3-10(11)4-9)19-15(24)22-14(23)7-25-16-20-12(17)6-13(18)21-16/h6,8-11H,2-5,7H2,1H3,(H4,17,18,20,21)(H2,19,22,23,24)/t8-,9-,10-,11-/m0/s1. The second-order valence-corrected chi connectivity index (χ2v) is 7.88. The van der Waals surface area contributed by atoms with Crippen LogP contribution < -0.4 is 22.1 Å². The molecule has 8 nitrogen and oxygen atoms in total. The monoisotopic (exact) mass is 364 g/mol. The number of imide groups is 1. The smallest absolute Gasteiger partial charge is 0.321 e. The topological polar surface area (TPSA) is 136 Å². The van der Waals surface area contributed by atoms with Crippen molar-refractivity contribution in [2.45, 2.75) is 43.8 Å². The second kappa shape index (κ2) is 7.47. The van der Waals surface area contributed by atoms with Crippen molar-refractivity contribution in [3.63, 3.8) is 0 Å². The predicted molar refractivity (Wildman–Crippen MR) is 96.7 cm³/mol. The molecule has 6 N–H and O–H groups in total. The number of hydrogen-bond acceptors (Lipinski definition) is 7. The number of hydrogen-bond donors (Lipinski definition) is 4. The van der Waals surface area contributed by atoms with E-state index in [1.165, 1.54) is 31.7 Å². The van der Waals surface area contributed by atoms with Crippen LogP contribution >= 0.6 is 11.8 Å². The summed E-state index contributed by atoms with van der Waals surface area (Å²) in [5.41, 5.74) is 11.2. The molecule has 3 amide bonds. The zero-order chi connectivity index (χ0) is 18.0. The lowest BCUT2D eigenvalue weighted by Crippen LogP contribution is -2.47. The molecule has 2 bridgehead atoms. The Balaban J connectivity index is 1.42. The van der Waals surface area contributed by atoms with E-state index < -0.39 is 11.9 Å². The van der Waals surface area contributed by atoms with Gasteiger partial charge in [0.15, 0.2) is 5.16 Å². The van der Waals surface area contributed by atoms with Crippen LogP contribution in [0.5, 0.6) is 0 Å². The van der Waals surface area contributed by atoms with E-state index in [1.807, 2.05) is 6.92 Å². The highest BCUT2D eigenvalue weighted by atomic mass is 32.2. The SMILES string of the molecule is C[C@H](NC(=O)NC(=O)CSc1nc(N)cc(N)n1)[C@@H]1C[C@H]2CC[C@H]1C2. The van der Waals surface area contributed by atoms with Gasteiger partial charge < -0.3 is 16.8 Å². The lowest BCUT2D eigenvalue weighted by molar-refractivity contribution is -0.117. The van der Waals surface area contributed by atoms with Gasteiger partial charge in [-0.15, -0.1) is 0 Å². The van der Waals surface area contributed by atoms with Gasteiger partial charge in [0.05, 0.1) is 5.75 Å². The molecule has 25 heavy (non-hydrogen) atoms. The van der Waals surface area contributed by atoms with E-state index in [2.05, 4.69) is 20.6 Å². The maximum Gasteiger partial charge on any atom is 0.321 e. The Hall–Kier alpha value is -2.03. The van der Waals surface area contributed by atoms with E-state index in [0.29, 0.717) is 11.1 Å². The molecule has 2 fully saturated rings. The maximum atomic E-state index is 12.0. The summed E-state index contributed by atoms with van der Waals surface area (Å²) in [5, 5.41) is 5.56. The molecule has 3 rings (SSSR count). The highest BCUT2D eigenvalue weighted by Crippen LogP contribution is 2.49. The van der Waals surface area contributed by atoms with Crippen molar-refractivity contribution in [3.8, 4) is 0 Å². The van der Waals surface area contributed by atoms with Crippen molar-refractivity contribution in [3.05, 3.63) is 6.07 Å². The second-order valence-electron chi connectivity index (χ2n) is 6.94. The van der Waals surface area contributed by atoms with Gasteiger partial charge in [-0.05, 0) is 43.9 Å². The number of nitrogens with zero attached hydrogens (tertiary/aromatic N) is 2. The normalized spacial score (nSPS) is 25.6. The van der Waals surface area contributed by atoms with E-state index in [0.717, 1.165) is 23.6 Å². The zero-order valence-electron chi connectivity index (χ0n) is 14.2. The molecule has 0 aliphatic heterocycles. The van der Waals surface area contributed by atoms with Crippen LogP contribution in [-0.4, -0.2) is 33.7 Å². The van der Waals surface area contributed by atoms with Crippen molar-refractivity contribution in [1.29, 1.82) is 0 Å².